The second-order valence-corrected chi connectivity index (χ2v) is 7.85. The molecule has 0 saturated carbocycles. The Kier molecular flexibility index (Phi) is 5.02. The zero-order chi connectivity index (χ0) is 16.3. The van der Waals surface area contributed by atoms with Gasteiger partial charge in [0, 0.05) is 25.7 Å². The summed E-state index contributed by atoms with van der Waals surface area (Å²) >= 11 is 6.00. The van der Waals surface area contributed by atoms with Crippen LogP contribution >= 0.6 is 11.6 Å². The molecule has 0 radical (unpaired) electrons. The normalized spacial score (nSPS) is 19.1. The molecule has 2 aromatic carbocycles. The van der Waals surface area contributed by atoms with Crippen molar-refractivity contribution in [2.75, 3.05) is 13.1 Å². The molecular weight excluding hydrogens is 332 g/mol. The van der Waals surface area contributed by atoms with E-state index in [1.165, 1.54) is 11.6 Å². The first-order valence-electron chi connectivity index (χ1n) is 7.58. The van der Waals surface area contributed by atoms with Crippen LogP contribution in [0.3, 0.4) is 0 Å². The molecule has 0 bridgehead atoms. The predicted molar refractivity (Wildman–Crippen MR) is 91.9 cm³/mol. The van der Waals surface area contributed by atoms with Crippen molar-refractivity contribution >= 4 is 21.6 Å². The number of benzene rings is 2. The second kappa shape index (κ2) is 7.01. The Balaban J connectivity index is 1.63. The van der Waals surface area contributed by atoms with Crippen LogP contribution in [0.4, 0.5) is 0 Å². The fourth-order valence-electron chi connectivity index (χ4n) is 2.86. The van der Waals surface area contributed by atoms with E-state index in [-0.39, 0.29) is 16.0 Å². The molecule has 2 aromatic rings. The van der Waals surface area contributed by atoms with Crippen LogP contribution in [0.25, 0.3) is 0 Å². The van der Waals surface area contributed by atoms with Gasteiger partial charge in [-0.1, -0.05) is 54.1 Å². The largest absolute Gasteiger partial charge is 0.297 e. The average molecular weight is 351 g/mol. The Morgan fingerprint density at radius 3 is 2.52 bits per heavy atom. The SMILES string of the molecule is O=S(=O)(NC1CCN(Cc2ccccc2)C1)c1ccccc1Cl. The number of halogens is 1. The van der Waals surface area contributed by atoms with Gasteiger partial charge in [0.25, 0.3) is 0 Å². The first-order valence-corrected chi connectivity index (χ1v) is 9.44. The van der Waals surface area contributed by atoms with E-state index in [1.54, 1.807) is 18.2 Å². The molecule has 1 aliphatic rings. The van der Waals surface area contributed by atoms with Gasteiger partial charge in [0.05, 0.1) is 5.02 Å². The van der Waals surface area contributed by atoms with Crippen molar-refractivity contribution in [2.24, 2.45) is 0 Å². The van der Waals surface area contributed by atoms with Gasteiger partial charge in [-0.3, -0.25) is 4.90 Å². The molecule has 0 amide bonds. The van der Waals surface area contributed by atoms with Gasteiger partial charge >= 0.3 is 0 Å². The number of likely N-dealkylation sites (tertiary alicyclic amines) is 1. The van der Waals surface area contributed by atoms with Gasteiger partial charge in [-0.25, -0.2) is 13.1 Å². The first kappa shape index (κ1) is 16.5. The smallest absolute Gasteiger partial charge is 0.242 e. The van der Waals surface area contributed by atoms with Gasteiger partial charge in [0.1, 0.15) is 4.90 Å². The van der Waals surface area contributed by atoms with Crippen molar-refractivity contribution in [2.45, 2.75) is 23.9 Å². The van der Waals surface area contributed by atoms with E-state index >= 15 is 0 Å². The van der Waals surface area contributed by atoms with Gasteiger partial charge in [-0.15, -0.1) is 0 Å². The zero-order valence-electron chi connectivity index (χ0n) is 12.7. The fraction of sp³-hybridized carbons (Fsp3) is 0.294. The minimum atomic E-state index is -3.58. The third-order valence-electron chi connectivity index (χ3n) is 3.97. The molecule has 1 saturated heterocycles. The van der Waals surface area contributed by atoms with Crippen molar-refractivity contribution in [3.63, 3.8) is 0 Å². The molecule has 1 N–H and O–H groups in total. The molecule has 1 heterocycles. The average Bonchev–Trinajstić information content (AvgIpc) is 2.95. The molecule has 1 aliphatic heterocycles. The summed E-state index contributed by atoms with van der Waals surface area (Å²) in [4.78, 5) is 2.40. The van der Waals surface area contributed by atoms with E-state index in [4.69, 9.17) is 11.6 Å². The topological polar surface area (TPSA) is 49.4 Å². The Morgan fingerprint density at radius 1 is 1.09 bits per heavy atom. The summed E-state index contributed by atoms with van der Waals surface area (Å²) in [5, 5.41) is 0.249. The highest BCUT2D eigenvalue weighted by Gasteiger charge is 2.28. The van der Waals surface area contributed by atoms with Crippen LogP contribution in [0, 0.1) is 0 Å². The van der Waals surface area contributed by atoms with Crippen molar-refractivity contribution < 1.29 is 8.42 Å². The maximum absolute atomic E-state index is 12.5. The zero-order valence-corrected chi connectivity index (χ0v) is 14.2. The van der Waals surface area contributed by atoms with Crippen molar-refractivity contribution in [3.05, 3.63) is 65.2 Å². The number of sulfonamides is 1. The van der Waals surface area contributed by atoms with Crippen molar-refractivity contribution in [1.82, 2.24) is 9.62 Å². The van der Waals surface area contributed by atoms with E-state index in [2.05, 4.69) is 21.8 Å². The molecule has 0 aromatic heterocycles. The number of nitrogens with one attached hydrogen (secondary N) is 1. The van der Waals surface area contributed by atoms with Crippen molar-refractivity contribution in [1.29, 1.82) is 0 Å². The number of rotatable bonds is 5. The van der Waals surface area contributed by atoms with E-state index in [1.807, 2.05) is 18.2 Å². The van der Waals surface area contributed by atoms with Gasteiger partial charge in [0.2, 0.25) is 10.0 Å². The molecule has 0 aliphatic carbocycles. The van der Waals surface area contributed by atoms with Crippen LogP contribution in [0.2, 0.25) is 5.02 Å². The summed E-state index contributed by atoms with van der Waals surface area (Å²) in [6.07, 6.45) is 0.802. The maximum atomic E-state index is 12.5. The van der Waals surface area contributed by atoms with Gasteiger partial charge in [-0.2, -0.15) is 0 Å². The van der Waals surface area contributed by atoms with Gasteiger partial charge in [0.15, 0.2) is 0 Å². The lowest BCUT2D eigenvalue weighted by molar-refractivity contribution is 0.324. The molecular formula is C17H19ClN2O2S. The van der Waals surface area contributed by atoms with E-state index in [9.17, 15) is 8.42 Å². The Bertz CT molecular complexity index is 765. The van der Waals surface area contributed by atoms with E-state index < -0.39 is 10.0 Å². The Hall–Kier alpha value is -1.40. The quantitative estimate of drug-likeness (QED) is 0.902. The van der Waals surface area contributed by atoms with Crippen LogP contribution in [0.1, 0.15) is 12.0 Å². The third kappa shape index (κ3) is 4.12. The maximum Gasteiger partial charge on any atom is 0.242 e. The fourth-order valence-corrected chi connectivity index (χ4v) is 4.64. The molecule has 1 unspecified atom stereocenters. The lowest BCUT2D eigenvalue weighted by Gasteiger charge is -2.17. The van der Waals surface area contributed by atoms with Crippen LogP contribution in [-0.4, -0.2) is 32.4 Å². The predicted octanol–water partition coefficient (Wildman–Crippen LogP) is 2.89. The van der Waals surface area contributed by atoms with Crippen LogP contribution in [0.15, 0.2) is 59.5 Å². The van der Waals surface area contributed by atoms with E-state index in [0.717, 1.165) is 19.5 Å². The second-order valence-electron chi connectivity index (χ2n) is 5.76. The van der Waals surface area contributed by atoms with Crippen LogP contribution in [0.5, 0.6) is 0 Å². The highest BCUT2D eigenvalue weighted by atomic mass is 35.5. The molecule has 0 spiro atoms. The summed E-state index contributed by atoms with van der Waals surface area (Å²) in [6.45, 7) is 2.42. The molecule has 1 fully saturated rings. The lowest BCUT2D eigenvalue weighted by atomic mass is 10.2. The molecule has 1 atom stereocenters. The van der Waals surface area contributed by atoms with Crippen molar-refractivity contribution in [3.8, 4) is 0 Å². The summed E-state index contributed by atoms with van der Waals surface area (Å²) < 4.78 is 27.7. The highest BCUT2D eigenvalue weighted by Crippen LogP contribution is 2.22. The third-order valence-corrected chi connectivity index (χ3v) is 5.99. The summed E-state index contributed by atoms with van der Waals surface area (Å²) in [6, 6.07) is 16.6. The summed E-state index contributed by atoms with van der Waals surface area (Å²) in [5.74, 6) is 0. The standard InChI is InChI=1S/C17H19ClN2O2S/c18-16-8-4-5-9-17(16)23(21,22)19-15-10-11-20(13-15)12-14-6-2-1-3-7-14/h1-9,15,19H,10-13H2. The van der Waals surface area contributed by atoms with Gasteiger partial charge < -0.3 is 0 Å². The minimum absolute atomic E-state index is 0.0833. The van der Waals surface area contributed by atoms with Gasteiger partial charge in [-0.05, 0) is 24.1 Å². The molecule has 122 valence electrons. The van der Waals surface area contributed by atoms with E-state index in [0.29, 0.717) is 6.54 Å². The molecule has 23 heavy (non-hydrogen) atoms. The molecule has 4 nitrogen and oxygen atoms in total. The monoisotopic (exact) mass is 350 g/mol. The summed E-state index contributed by atoms with van der Waals surface area (Å²) in [7, 11) is -3.58. The Morgan fingerprint density at radius 2 is 1.78 bits per heavy atom. The number of nitrogens with zero attached hydrogens (tertiary/aromatic N) is 1. The molecule has 3 rings (SSSR count). The number of hydrogen-bond donors (Lipinski definition) is 1. The Labute approximate surface area is 142 Å². The van der Waals surface area contributed by atoms with Crippen LogP contribution in [-0.2, 0) is 16.6 Å². The summed E-state index contributed by atoms with van der Waals surface area (Å²) in [5.41, 5.74) is 1.24. The highest BCUT2D eigenvalue weighted by molar-refractivity contribution is 7.89. The lowest BCUT2D eigenvalue weighted by Crippen LogP contribution is -2.37. The van der Waals surface area contributed by atoms with Crippen LogP contribution < -0.4 is 4.72 Å². The molecule has 6 heteroatoms. The minimum Gasteiger partial charge on any atom is -0.297 e. The number of hydrogen-bond acceptors (Lipinski definition) is 3. The first-order chi connectivity index (χ1) is 11.0.